The molecular weight excluding hydrogens is 429 g/mol. The summed E-state index contributed by atoms with van der Waals surface area (Å²) in [6.45, 7) is 0. The number of rotatable bonds is 3. The zero-order chi connectivity index (χ0) is 22.9. The van der Waals surface area contributed by atoms with Crippen LogP contribution >= 0.6 is 0 Å². The van der Waals surface area contributed by atoms with Crippen LogP contribution in [0.2, 0.25) is 0 Å². The van der Waals surface area contributed by atoms with Crippen LogP contribution < -0.4 is 11.0 Å². The Balaban J connectivity index is 1.53. The Bertz CT molecular complexity index is 1340. The van der Waals surface area contributed by atoms with Crippen LogP contribution in [-0.2, 0) is 6.18 Å². The van der Waals surface area contributed by atoms with Crippen molar-refractivity contribution in [3.05, 3.63) is 95.2 Å². The highest BCUT2D eigenvalue weighted by Gasteiger charge is 2.37. The fourth-order valence-corrected chi connectivity index (χ4v) is 2.89. The third kappa shape index (κ3) is 3.93. The number of carbonyl (C=O) groups excluding carboxylic acids is 2. The molecule has 32 heavy (non-hydrogen) atoms. The number of hydrogen-bond donors (Lipinski definition) is 1. The van der Waals surface area contributed by atoms with Crippen molar-refractivity contribution >= 4 is 17.6 Å². The summed E-state index contributed by atoms with van der Waals surface area (Å²) in [5.41, 5.74) is 0.0634. The summed E-state index contributed by atoms with van der Waals surface area (Å²) in [4.78, 5) is 40.4. The van der Waals surface area contributed by atoms with E-state index in [2.05, 4.69) is 15.4 Å². The molecule has 0 fully saturated rings. The van der Waals surface area contributed by atoms with Crippen molar-refractivity contribution in [2.24, 2.45) is 0 Å². The predicted octanol–water partition coefficient (Wildman–Crippen LogP) is 3.02. The van der Waals surface area contributed by atoms with Gasteiger partial charge in [-0.2, -0.15) is 23.0 Å². The third-order valence-corrected chi connectivity index (χ3v) is 4.39. The minimum atomic E-state index is -4.79. The summed E-state index contributed by atoms with van der Waals surface area (Å²) >= 11 is 0. The second-order valence-electron chi connectivity index (χ2n) is 6.46. The zero-order valence-electron chi connectivity index (χ0n) is 16.0. The molecule has 0 atom stereocenters. The number of hydrogen-bond acceptors (Lipinski definition) is 5. The SMILES string of the molecule is O=C(Nc1ccc(-n2ncn(C(=O)c3ccccc3)c2=O)cc1)n1ccnc1C(F)(F)F. The summed E-state index contributed by atoms with van der Waals surface area (Å²) in [5.74, 6) is -1.90. The molecule has 4 rings (SSSR count). The summed E-state index contributed by atoms with van der Waals surface area (Å²) in [7, 11) is 0. The summed E-state index contributed by atoms with van der Waals surface area (Å²) in [5, 5.41) is 6.24. The quantitative estimate of drug-likeness (QED) is 0.525. The van der Waals surface area contributed by atoms with E-state index in [4.69, 9.17) is 0 Å². The zero-order valence-corrected chi connectivity index (χ0v) is 16.0. The predicted molar refractivity (Wildman–Crippen MR) is 106 cm³/mol. The normalized spacial score (nSPS) is 11.3. The van der Waals surface area contributed by atoms with Gasteiger partial charge in [-0.3, -0.25) is 4.79 Å². The van der Waals surface area contributed by atoms with E-state index in [1.165, 1.54) is 24.3 Å². The van der Waals surface area contributed by atoms with E-state index in [9.17, 15) is 27.6 Å². The van der Waals surface area contributed by atoms with E-state index < -0.39 is 29.6 Å². The van der Waals surface area contributed by atoms with E-state index in [0.717, 1.165) is 28.0 Å². The molecule has 1 N–H and O–H groups in total. The van der Waals surface area contributed by atoms with E-state index in [0.29, 0.717) is 10.1 Å². The first-order valence-corrected chi connectivity index (χ1v) is 9.04. The maximum absolute atomic E-state index is 12.9. The minimum absolute atomic E-state index is 0.174. The van der Waals surface area contributed by atoms with Gasteiger partial charge in [0, 0.05) is 23.6 Å². The lowest BCUT2D eigenvalue weighted by Gasteiger charge is -2.10. The van der Waals surface area contributed by atoms with Gasteiger partial charge < -0.3 is 5.32 Å². The Morgan fingerprint density at radius 1 is 0.938 bits per heavy atom. The third-order valence-electron chi connectivity index (χ3n) is 4.39. The fraction of sp³-hybridized carbons (Fsp3) is 0.0500. The Hall–Kier alpha value is -4.48. The Morgan fingerprint density at radius 2 is 1.62 bits per heavy atom. The number of nitrogens with zero attached hydrogens (tertiary/aromatic N) is 5. The monoisotopic (exact) mass is 442 g/mol. The molecule has 0 unspecified atom stereocenters. The number of alkyl halides is 3. The molecule has 162 valence electrons. The Kier molecular flexibility index (Phi) is 5.18. The van der Waals surface area contributed by atoms with Gasteiger partial charge in [-0.1, -0.05) is 18.2 Å². The molecule has 9 nitrogen and oxygen atoms in total. The van der Waals surface area contributed by atoms with Gasteiger partial charge in [-0.15, -0.1) is 0 Å². The van der Waals surface area contributed by atoms with Crippen molar-refractivity contribution in [1.82, 2.24) is 23.9 Å². The average Bonchev–Trinajstić information content (AvgIpc) is 3.42. The molecule has 0 saturated heterocycles. The largest absolute Gasteiger partial charge is 0.450 e. The van der Waals surface area contributed by atoms with E-state index >= 15 is 0 Å². The number of aromatic nitrogens is 5. The molecule has 2 aromatic carbocycles. The van der Waals surface area contributed by atoms with Crippen molar-refractivity contribution < 1.29 is 22.8 Å². The smallest absolute Gasteiger partial charge is 0.307 e. The van der Waals surface area contributed by atoms with Crippen molar-refractivity contribution in [1.29, 1.82) is 0 Å². The first kappa shape index (κ1) is 20.8. The first-order valence-electron chi connectivity index (χ1n) is 9.04. The molecule has 2 aromatic heterocycles. The van der Waals surface area contributed by atoms with Crippen molar-refractivity contribution in [3.63, 3.8) is 0 Å². The molecule has 1 amide bonds. The second kappa shape index (κ2) is 7.98. The maximum Gasteiger partial charge on any atom is 0.450 e. The molecule has 2 heterocycles. The number of carbonyl (C=O) groups is 2. The van der Waals surface area contributed by atoms with Gasteiger partial charge in [0.15, 0.2) is 0 Å². The fourth-order valence-electron chi connectivity index (χ4n) is 2.89. The van der Waals surface area contributed by atoms with Gasteiger partial charge in [0.1, 0.15) is 6.33 Å². The van der Waals surface area contributed by atoms with E-state index in [1.807, 2.05) is 0 Å². The van der Waals surface area contributed by atoms with Crippen LogP contribution in [0.25, 0.3) is 5.69 Å². The number of anilines is 1. The first-order chi connectivity index (χ1) is 15.3. The van der Waals surface area contributed by atoms with Crippen molar-refractivity contribution in [2.75, 3.05) is 5.32 Å². The van der Waals surface area contributed by atoms with Gasteiger partial charge in [0.05, 0.1) is 5.69 Å². The highest BCUT2D eigenvalue weighted by atomic mass is 19.4. The number of benzene rings is 2. The van der Waals surface area contributed by atoms with Crippen LogP contribution in [0.4, 0.5) is 23.7 Å². The van der Waals surface area contributed by atoms with Crippen LogP contribution in [-0.4, -0.2) is 35.8 Å². The topological polar surface area (TPSA) is 104 Å². The molecule has 0 radical (unpaired) electrons. The second-order valence-corrected chi connectivity index (χ2v) is 6.46. The van der Waals surface area contributed by atoms with Crippen LogP contribution in [0, 0.1) is 0 Å². The Labute approximate surface area is 177 Å². The van der Waals surface area contributed by atoms with Crippen LogP contribution in [0.3, 0.4) is 0 Å². The number of imidazole rings is 1. The lowest BCUT2D eigenvalue weighted by molar-refractivity contribution is -0.145. The highest BCUT2D eigenvalue weighted by Crippen LogP contribution is 2.27. The highest BCUT2D eigenvalue weighted by molar-refractivity contribution is 5.95. The average molecular weight is 442 g/mol. The summed E-state index contributed by atoms with van der Waals surface area (Å²) in [6, 6.07) is 12.7. The standard InChI is InChI=1S/C20H13F3N6O3/c21-20(22,23)17-24-10-11-27(17)18(31)26-14-6-8-15(9-7-14)29-19(32)28(12-25-29)16(30)13-4-2-1-3-5-13/h1-12H,(H,26,31). The summed E-state index contributed by atoms with van der Waals surface area (Å²) in [6.07, 6.45) is -1.94. The number of halogens is 3. The molecule has 0 bridgehead atoms. The van der Waals surface area contributed by atoms with Crippen molar-refractivity contribution in [3.8, 4) is 5.69 Å². The van der Waals surface area contributed by atoms with Gasteiger partial charge in [0.2, 0.25) is 5.82 Å². The van der Waals surface area contributed by atoms with Crippen molar-refractivity contribution in [2.45, 2.75) is 6.18 Å². The maximum atomic E-state index is 12.9. The lowest BCUT2D eigenvalue weighted by atomic mass is 10.2. The Morgan fingerprint density at radius 3 is 2.28 bits per heavy atom. The summed E-state index contributed by atoms with van der Waals surface area (Å²) < 4.78 is 40.9. The minimum Gasteiger partial charge on any atom is -0.307 e. The lowest BCUT2D eigenvalue weighted by Crippen LogP contribution is -2.28. The molecular formula is C20H13F3N6O3. The van der Waals surface area contributed by atoms with Crippen LogP contribution in [0.5, 0.6) is 0 Å². The number of nitrogens with one attached hydrogen (secondary N) is 1. The molecule has 0 aliphatic rings. The molecule has 0 aliphatic carbocycles. The molecule has 0 spiro atoms. The van der Waals surface area contributed by atoms with Crippen LogP contribution in [0.15, 0.2) is 78.1 Å². The molecule has 0 saturated carbocycles. The van der Waals surface area contributed by atoms with E-state index in [-0.39, 0.29) is 11.4 Å². The number of amides is 1. The molecule has 0 aliphatic heterocycles. The van der Waals surface area contributed by atoms with E-state index in [1.54, 1.807) is 30.3 Å². The molecule has 4 aromatic rings. The van der Waals surface area contributed by atoms with Gasteiger partial charge in [-0.25, -0.2) is 23.7 Å². The van der Waals surface area contributed by atoms with Gasteiger partial charge >= 0.3 is 17.9 Å². The molecule has 12 heteroatoms. The van der Waals surface area contributed by atoms with Gasteiger partial charge in [-0.05, 0) is 36.4 Å². The van der Waals surface area contributed by atoms with Crippen LogP contribution in [0.1, 0.15) is 16.2 Å². The van der Waals surface area contributed by atoms with Gasteiger partial charge in [0.25, 0.3) is 5.91 Å².